The van der Waals surface area contributed by atoms with E-state index in [9.17, 15) is 0 Å². The van der Waals surface area contributed by atoms with Gasteiger partial charge in [0.05, 0.1) is 0 Å². The van der Waals surface area contributed by atoms with Crippen molar-refractivity contribution in [3.63, 3.8) is 0 Å². The van der Waals surface area contributed by atoms with Crippen molar-refractivity contribution in [3.05, 3.63) is 17.0 Å². The first kappa shape index (κ1) is 16.0. The first-order chi connectivity index (χ1) is 10.1. The average Bonchev–Trinajstić information content (AvgIpc) is 2.88. The maximum absolute atomic E-state index is 6.13. The summed E-state index contributed by atoms with van der Waals surface area (Å²) in [4.78, 5) is 8.28. The molecule has 6 heteroatoms. The van der Waals surface area contributed by atoms with E-state index in [2.05, 4.69) is 34.2 Å². The summed E-state index contributed by atoms with van der Waals surface area (Å²) >= 11 is 6.13. The molecule has 2 aromatic rings. The number of nitrogens with zero attached hydrogens (tertiary/aromatic N) is 4. The number of halogens is 1. The van der Waals surface area contributed by atoms with Gasteiger partial charge in [0, 0.05) is 12.1 Å². The van der Waals surface area contributed by atoms with Crippen LogP contribution >= 0.6 is 11.6 Å². The lowest BCUT2D eigenvalue weighted by molar-refractivity contribution is 0.523. The Morgan fingerprint density at radius 3 is 2.76 bits per heavy atom. The van der Waals surface area contributed by atoms with Crippen LogP contribution in [0.25, 0.3) is 5.78 Å². The maximum atomic E-state index is 6.13. The fourth-order valence-electron chi connectivity index (χ4n) is 2.34. The van der Waals surface area contributed by atoms with Crippen LogP contribution < -0.4 is 5.32 Å². The first-order valence-corrected chi connectivity index (χ1v) is 8.07. The summed E-state index contributed by atoms with van der Waals surface area (Å²) in [5.74, 6) is 2.24. The van der Waals surface area contributed by atoms with Crippen molar-refractivity contribution in [1.82, 2.24) is 19.6 Å². The van der Waals surface area contributed by atoms with Gasteiger partial charge in [-0.1, -0.05) is 51.1 Å². The van der Waals surface area contributed by atoms with Gasteiger partial charge in [-0.05, 0) is 19.3 Å². The normalized spacial score (nSPS) is 11.5. The minimum absolute atomic E-state index is 0.481. The molecule has 0 radical (unpaired) electrons. The fourth-order valence-corrected chi connectivity index (χ4v) is 2.51. The molecule has 2 aromatic heterocycles. The molecule has 0 aliphatic rings. The minimum atomic E-state index is 0.481. The molecule has 0 aromatic carbocycles. The van der Waals surface area contributed by atoms with E-state index in [0.29, 0.717) is 10.9 Å². The van der Waals surface area contributed by atoms with Crippen LogP contribution in [0, 0.1) is 12.8 Å². The molecule has 0 fully saturated rings. The zero-order valence-electron chi connectivity index (χ0n) is 13.1. The van der Waals surface area contributed by atoms with E-state index < -0.39 is 0 Å². The zero-order chi connectivity index (χ0) is 15.2. The van der Waals surface area contributed by atoms with Crippen molar-refractivity contribution in [3.8, 4) is 0 Å². The lowest BCUT2D eigenvalue weighted by Gasteiger charge is -2.11. The third-order valence-electron chi connectivity index (χ3n) is 3.61. The first-order valence-electron chi connectivity index (χ1n) is 7.69. The molecule has 0 aliphatic carbocycles. The quantitative estimate of drug-likeness (QED) is 0.589. The van der Waals surface area contributed by atoms with E-state index in [4.69, 9.17) is 11.6 Å². The van der Waals surface area contributed by atoms with Gasteiger partial charge in [0.1, 0.15) is 17.3 Å². The van der Waals surface area contributed by atoms with Crippen molar-refractivity contribution in [1.29, 1.82) is 0 Å². The third kappa shape index (κ3) is 4.30. The molecule has 116 valence electrons. The summed E-state index contributed by atoms with van der Waals surface area (Å²) in [6.45, 7) is 7.42. The van der Waals surface area contributed by atoms with E-state index >= 15 is 0 Å². The van der Waals surface area contributed by atoms with Crippen LogP contribution in [0.5, 0.6) is 0 Å². The molecule has 0 atom stereocenters. The topological polar surface area (TPSA) is 55.1 Å². The van der Waals surface area contributed by atoms with Crippen LogP contribution in [0.3, 0.4) is 0 Å². The van der Waals surface area contributed by atoms with Gasteiger partial charge in [0.2, 0.25) is 0 Å². The number of unbranched alkanes of at least 4 members (excludes halogenated alkanes) is 3. The minimum Gasteiger partial charge on any atom is -0.370 e. The second-order valence-corrected chi connectivity index (χ2v) is 6.23. The Morgan fingerprint density at radius 1 is 1.24 bits per heavy atom. The van der Waals surface area contributed by atoms with Crippen LogP contribution in [0.4, 0.5) is 5.82 Å². The van der Waals surface area contributed by atoms with Crippen molar-refractivity contribution in [2.75, 3.05) is 11.9 Å². The van der Waals surface area contributed by atoms with Crippen LogP contribution in [0.2, 0.25) is 5.15 Å². The van der Waals surface area contributed by atoms with Gasteiger partial charge >= 0.3 is 0 Å². The van der Waals surface area contributed by atoms with Gasteiger partial charge in [-0.3, -0.25) is 0 Å². The molecule has 0 bridgehead atoms. The van der Waals surface area contributed by atoms with E-state index in [-0.39, 0.29) is 0 Å². The second kappa shape index (κ2) is 7.59. The van der Waals surface area contributed by atoms with E-state index in [1.54, 1.807) is 4.52 Å². The Bertz CT molecular complexity index is 579. The van der Waals surface area contributed by atoms with Gasteiger partial charge < -0.3 is 5.32 Å². The number of anilines is 1. The summed E-state index contributed by atoms with van der Waals surface area (Å²) in [5.41, 5.74) is 0.912. The van der Waals surface area contributed by atoms with Crippen molar-refractivity contribution in [2.24, 2.45) is 5.92 Å². The Hall–Kier alpha value is -1.36. The van der Waals surface area contributed by atoms with Gasteiger partial charge in [0.15, 0.2) is 0 Å². The summed E-state index contributed by atoms with van der Waals surface area (Å²) in [6.07, 6.45) is 7.84. The number of fused-ring (bicyclic) bond motifs is 1. The molecule has 0 aliphatic heterocycles. The molecule has 2 rings (SSSR count). The molecule has 21 heavy (non-hydrogen) atoms. The maximum Gasteiger partial charge on any atom is 0.255 e. The molecule has 1 N–H and O–H groups in total. The number of nitrogens with one attached hydrogen (secondary N) is 1. The van der Waals surface area contributed by atoms with Crippen LogP contribution in [0.1, 0.15) is 51.5 Å². The largest absolute Gasteiger partial charge is 0.370 e. The molecule has 0 saturated heterocycles. The second-order valence-electron chi connectivity index (χ2n) is 5.87. The molecular weight excluding hydrogens is 286 g/mol. The highest BCUT2D eigenvalue weighted by Gasteiger charge is 2.11. The zero-order valence-corrected chi connectivity index (χ0v) is 13.8. The predicted octanol–water partition coefficient (Wildman–Crippen LogP) is 4.10. The smallest absolute Gasteiger partial charge is 0.255 e. The van der Waals surface area contributed by atoms with Gasteiger partial charge in [0.25, 0.3) is 5.78 Å². The summed E-state index contributed by atoms with van der Waals surface area (Å²) in [7, 11) is 0. The molecule has 0 saturated carbocycles. The molecule has 0 unspecified atom stereocenters. The lowest BCUT2D eigenvalue weighted by Crippen LogP contribution is -2.10. The number of aromatic nitrogens is 4. The highest BCUT2D eigenvalue weighted by Crippen LogP contribution is 2.22. The lowest BCUT2D eigenvalue weighted by atomic mass is 10.0. The number of rotatable bonds is 8. The Morgan fingerprint density at radius 2 is 2.00 bits per heavy atom. The number of hydrogen-bond donors (Lipinski definition) is 1. The Balaban J connectivity index is 1.83. The molecule has 2 heterocycles. The predicted molar refractivity (Wildman–Crippen MR) is 86.9 cm³/mol. The summed E-state index contributed by atoms with van der Waals surface area (Å²) in [5, 5.41) is 8.09. The van der Waals surface area contributed by atoms with Crippen LogP contribution in [0.15, 0.2) is 6.33 Å². The molecule has 0 amide bonds. The molecular formula is C15H24ClN5. The highest BCUT2D eigenvalue weighted by atomic mass is 35.5. The molecule has 5 nitrogen and oxygen atoms in total. The van der Waals surface area contributed by atoms with E-state index in [1.165, 1.54) is 32.0 Å². The van der Waals surface area contributed by atoms with Crippen LogP contribution in [-0.4, -0.2) is 26.1 Å². The SMILES string of the molecule is Cc1c(Cl)nc2ncnn2c1NCCCCCCC(C)C. The fraction of sp³-hybridized carbons (Fsp3) is 0.667. The van der Waals surface area contributed by atoms with Crippen molar-refractivity contribution >= 4 is 23.2 Å². The monoisotopic (exact) mass is 309 g/mol. The summed E-state index contributed by atoms with van der Waals surface area (Å²) < 4.78 is 1.71. The van der Waals surface area contributed by atoms with Crippen molar-refractivity contribution in [2.45, 2.75) is 52.9 Å². The van der Waals surface area contributed by atoms with Gasteiger partial charge in [-0.25, -0.2) is 0 Å². The Labute approximate surface area is 131 Å². The average molecular weight is 310 g/mol. The Kier molecular flexibility index (Phi) is 5.79. The molecule has 0 spiro atoms. The van der Waals surface area contributed by atoms with Crippen LogP contribution in [-0.2, 0) is 0 Å². The van der Waals surface area contributed by atoms with Crippen molar-refractivity contribution < 1.29 is 0 Å². The highest BCUT2D eigenvalue weighted by molar-refractivity contribution is 6.30. The van der Waals surface area contributed by atoms with Gasteiger partial charge in [-0.2, -0.15) is 19.6 Å². The van der Waals surface area contributed by atoms with E-state index in [0.717, 1.165) is 30.3 Å². The van der Waals surface area contributed by atoms with Gasteiger partial charge in [-0.15, -0.1) is 0 Å². The third-order valence-corrected chi connectivity index (χ3v) is 3.97. The standard InChI is InChI=1S/C15H24ClN5/c1-11(2)8-6-4-5-7-9-17-14-12(3)13(16)20-15-18-10-19-21(14)15/h10-11,17H,4-9H2,1-3H3. The number of hydrogen-bond acceptors (Lipinski definition) is 4. The summed E-state index contributed by atoms with van der Waals surface area (Å²) in [6, 6.07) is 0. The van der Waals surface area contributed by atoms with E-state index in [1.807, 2.05) is 6.92 Å².